The summed E-state index contributed by atoms with van der Waals surface area (Å²) >= 11 is 1.94. The zero-order valence-corrected chi connectivity index (χ0v) is 8.35. The summed E-state index contributed by atoms with van der Waals surface area (Å²) in [5.74, 6) is 5.38. The summed E-state index contributed by atoms with van der Waals surface area (Å²) < 4.78 is 0. The second kappa shape index (κ2) is 4.01. The summed E-state index contributed by atoms with van der Waals surface area (Å²) in [7, 11) is 0. The van der Waals surface area contributed by atoms with Crippen LogP contribution in [0.2, 0.25) is 0 Å². The van der Waals surface area contributed by atoms with Gasteiger partial charge in [-0.2, -0.15) is 11.8 Å². The monoisotopic (exact) mass is 186 g/mol. The standard InChI is InChI=1S/C10H18OS/c11-3-4-12-7-10-6-8-1-2-9(10)5-8/h8-11H,1-7H2. The molecule has 2 aliphatic rings. The highest BCUT2D eigenvalue weighted by Crippen LogP contribution is 2.49. The van der Waals surface area contributed by atoms with Gasteiger partial charge in [-0.05, 0) is 42.8 Å². The van der Waals surface area contributed by atoms with Gasteiger partial charge in [-0.1, -0.05) is 6.42 Å². The zero-order chi connectivity index (χ0) is 8.39. The molecule has 2 saturated carbocycles. The molecule has 0 amide bonds. The molecule has 3 unspecified atom stereocenters. The van der Waals surface area contributed by atoms with E-state index in [0.717, 1.165) is 23.5 Å². The molecule has 2 fully saturated rings. The molecular weight excluding hydrogens is 168 g/mol. The molecule has 2 aliphatic carbocycles. The topological polar surface area (TPSA) is 20.2 Å². The van der Waals surface area contributed by atoms with Crippen molar-refractivity contribution in [1.82, 2.24) is 0 Å². The Morgan fingerprint density at radius 1 is 1.25 bits per heavy atom. The molecule has 0 spiro atoms. The minimum atomic E-state index is 0.353. The molecule has 0 heterocycles. The lowest BCUT2D eigenvalue weighted by Crippen LogP contribution is -2.13. The molecule has 0 aromatic heterocycles. The maximum atomic E-state index is 8.65. The Bertz CT molecular complexity index is 149. The van der Waals surface area contributed by atoms with Gasteiger partial charge >= 0.3 is 0 Å². The van der Waals surface area contributed by atoms with E-state index in [9.17, 15) is 0 Å². The minimum absolute atomic E-state index is 0.353. The SMILES string of the molecule is OCCSCC1CC2CCC1C2. The summed E-state index contributed by atoms with van der Waals surface area (Å²) in [6, 6.07) is 0. The van der Waals surface area contributed by atoms with Crippen molar-refractivity contribution in [2.24, 2.45) is 17.8 Å². The highest BCUT2D eigenvalue weighted by Gasteiger charge is 2.38. The van der Waals surface area contributed by atoms with E-state index in [1.165, 1.54) is 31.4 Å². The van der Waals surface area contributed by atoms with Crippen LogP contribution in [0.5, 0.6) is 0 Å². The molecule has 12 heavy (non-hydrogen) atoms. The van der Waals surface area contributed by atoms with Gasteiger partial charge in [0, 0.05) is 5.75 Å². The Labute approximate surface area is 78.9 Å². The first-order chi connectivity index (χ1) is 5.90. The van der Waals surface area contributed by atoms with Crippen LogP contribution in [-0.2, 0) is 0 Å². The van der Waals surface area contributed by atoms with Gasteiger partial charge in [0.1, 0.15) is 0 Å². The van der Waals surface area contributed by atoms with Gasteiger partial charge in [0.05, 0.1) is 6.61 Å². The largest absolute Gasteiger partial charge is 0.396 e. The summed E-state index contributed by atoms with van der Waals surface area (Å²) in [6.07, 6.45) is 6.01. The Morgan fingerprint density at radius 3 is 2.75 bits per heavy atom. The van der Waals surface area contributed by atoms with Crippen LogP contribution in [0.4, 0.5) is 0 Å². The van der Waals surface area contributed by atoms with Crippen molar-refractivity contribution in [3.63, 3.8) is 0 Å². The molecule has 0 saturated heterocycles. The van der Waals surface area contributed by atoms with Crippen LogP contribution < -0.4 is 0 Å². The fourth-order valence-electron chi connectivity index (χ4n) is 2.88. The van der Waals surface area contributed by atoms with Crippen LogP contribution in [-0.4, -0.2) is 23.2 Å². The minimum Gasteiger partial charge on any atom is -0.396 e. The highest BCUT2D eigenvalue weighted by atomic mass is 32.2. The van der Waals surface area contributed by atoms with Crippen molar-refractivity contribution < 1.29 is 5.11 Å². The van der Waals surface area contributed by atoms with Gasteiger partial charge in [-0.3, -0.25) is 0 Å². The number of hydrogen-bond acceptors (Lipinski definition) is 2. The Kier molecular flexibility index (Phi) is 2.97. The van der Waals surface area contributed by atoms with Gasteiger partial charge in [-0.15, -0.1) is 0 Å². The van der Waals surface area contributed by atoms with Crippen LogP contribution in [0, 0.1) is 17.8 Å². The van der Waals surface area contributed by atoms with Gasteiger partial charge in [0.2, 0.25) is 0 Å². The Morgan fingerprint density at radius 2 is 2.17 bits per heavy atom. The van der Waals surface area contributed by atoms with Crippen molar-refractivity contribution in [2.45, 2.75) is 25.7 Å². The Hall–Kier alpha value is 0.310. The third kappa shape index (κ3) is 1.80. The number of aliphatic hydroxyl groups excluding tert-OH is 1. The number of thioether (sulfide) groups is 1. The molecule has 3 atom stereocenters. The van der Waals surface area contributed by atoms with E-state index in [-0.39, 0.29) is 0 Å². The van der Waals surface area contributed by atoms with Gasteiger partial charge < -0.3 is 5.11 Å². The van der Waals surface area contributed by atoms with Crippen molar-refractivity contribution >= 4 is 11.8 Å². The second-order valence-corrected chi connectivity index (χ2v) is 5.38. The van der Waals surface area contributed by atoms with E-state index in [1.54, 1.807) is 0 Å². The number of fused-ring (bicyclic) bond motifs is 2. The summed E-state index contributed by atoms with van der Waals surface area (Å²) in [5, 5.41) is 8.65. The highest BCUT2D eigenvalue weighted by molar-refractivity contribution is 7.99. The molecule has 2 heteroatoms. The fourth-order valence-corrected chi connectivity index (χ4v) is 3.89. The summed E-state index contributed by atoms with van der Waals surface area (Å²) in [4.78, 5) is 0. The summed E-state index contributed by atoms with van der Waals surface area (Å²) in [5.41, 5.74) is 0. The van der Waals surface area contributed by atoms with Gasteiger partial charge in [-0.25, -0.2) is 0 Å². The third-order valence-corrected chi connectivity index (χ3v) is 4.59. The van der Waals surface area contributed by atoms with Gasteiger partial charge in [0.15, 0.2) is 0 Å². The predicted octanol–water partition coefficient (Wildman–Crippen LogP) is 2.15. The lowest BCUT2D eigenvalue weighted by Gasteiger charge is -2.20. The number of rotatable bonds is 4. The normalized spacial score (nSPS) is 39.2. The lowest BCUT2D eigenvalue weighted by molar-refractivity contribution is 0.322. The first kappa shape index (κ1) is 8.89. The van der Waals surface area contributed by atoms with E-state index < -0.39 is 0 Å². The molecule has 0 aromatic carbocycles. The molecule has 0 aliphatic heterocycles. The van der Waals surface area contributed by atoms with Crippen molar-refractivity contribution in [2.75, 3.05) is 18.1 Å². The number of hydrogen-bond donors (Lipinski definition) is 1. The number of aliphatic hydroxyl groups is 1. The van der Waals surface area contributed by atoms with E-state index in [0.29, 0.717) is 6.61 Å². The van der Waals surface area contributed by atoms with Crippen LogP contribution in [0.3, 0.4) is 0 Å². The predicted molar refractivity (Wildman–Crippen MR) is 53.3 cm³/mol. The maximum absolute atomic E-state index is 8.65. The molecule has 0 radical (unpaired) electrons. The lowest BCUT2D eigenvalue weighted by atomic mass is 9.90. The van der Waals surface area contributed by atoms with Crippen LogP contribution in [0.25, 0.3) is 0 Å². The zero-order valence-electron chi connectivity index (χ0n) is 7.54. The van der Waals surface area contributed by atoms with Gasteiger partial charge in [0.25, 0.3) is 0 Å². The van der Waals surface area contributed by atoms with Crippen LogP contribution >= 0.6 is 11.8 Å². The maximum Gasteiger partial charge on any atom is 0.0521 e. The fraction of sp³-hybridized carbons (Fsp3) is 1.00. The second-order valence-electron chi connectivity index (χ2n) is 4.23. The molecule has 70 valence electrons. The van der Waals surface area contributed by atoms with Crippen molar-refractivity contribution in [3.05, 3.63) is 0 Å². The first-order valence-electron chi connectivity index (χ1n) is 5.08. The average molecular weight is 186 g/mol. The van der Waals surface area contributed by atoms with E-state index in [1.807, 2.05) is 11.8 Å². The molecule has 2 bridgehead atoms. The van der Waals surface area contributed by atoms with Crippen molar-refractivity contribution in [3.8, 4) is 0 Å². The molecule has 1 N–H and O–H groups in total. The smallest absolute Gasteiger partial charge is 0.0521 e. The van der Waals surface area contributed by atoms with Crippen LogP contribution in [0.1, 0.15) is 25.7 Å². The van der Waals surface area contributed by atoms with E-state index in [2.05, 4.69) is 0 Å². The molecular formula is C10H18OS. The Balaban J connectivity index is 1.69. The van der Waals surface area contributed by atoms with Crippen molar-refractivity contribution in [1.29, 1.82) is 0 Å². The third-order valence-electron chi connectivity index (χ3n) is 3.45. The molecule has 0 aromatic rings. The van der Waals surface area contributed by atoms with Crippen LogP contribution in [0.15, 0.2) is 0 Å². The molecule has 2 rings (SSSR count). The van der Waals surface area contributed by atoms with E-state index >= 15 is 0 Å². The first-order valence-corrected chi connectivity index (χ1v) is 6.24. The average Bonchev–Trinajstić information content (AvgIpc) is 2.65. The molecule has 1 nitrogen and oxygen atoms in total. The quantitative estimate of drug-likeness (QED) is 0.679. The van der Waals surface area contributed by atoms with E-state index in [4.69, 9.17) is 5.11 Å². The summed E-state index contributed by atoms with van der Waals surface area (Å²) in [6.45, 7) is 0.353.